The van der Waals surface area contributed by atoms with Crippen molar-refractivity contribution in [1.82, 2.24) is 0 Å². The minimum atomic E-state index is -4.08. The summed E-state index contributed by atoms with van der Waals surface area (Å²) in [5.41, 5.74) is 7.96. The molecule has 96 valence electrons. The Morgan fingerprint density at radius 1 is 1.18 bits per heavy atom. The Hall–Kier alpha value is -1.03. The van der Waals surface area contributed by atoms with Crippen molar-refractivity contribution < 1.29 is 13.2 Å². The fourth-order valence-electron chi connectivity index (χ4n) is 1.69. The third-order valence-electron chi connectivity index (χ3n) is 2.79. The van der Waals surface area contributed by atoms with E-state index >= 15 is 0 Å². The molecular weight excluding hydrogens is 227 g/mol. The molecule has 0 spiro atoms. The van der Waals surface area contributed by atoms with Gasteiger partial charge in [0.25, 0.3) is 0 Å². The van der Waals surface area contributed by atoms with Crippen LogP contribution >= 0.6 is 0 Å². The van der Waals surface area contributed by atoms with E-state index in [1.807, 2.05) is 24.3 Å². The summed E-state index contributed by atoms with van der Waals surface area (Å²) in [5.74, 6) is 0. The molecule has 1 rings (SSSR count). The van der Waals surface area contributed by atoms with Crippen LogP contribution in [0.1, 0.15) is 43.4 Å². The third-order valence-corrected chi connectivity index (χ3v) is 2.79. The second kappa shape index (κ2) is 6.05. The molecule has 0 radical (unpaired) electrons. The van der Waals surface area contributed by atoms with Crippen LogP contribution in [-0.2, 0) is 6.42 Å². The molecule has 2 N–H and O–H groups in total. The predicted molar refractivity (Wildman–Crippen MR) is 62.7 cm³/mol. The van der Waals surface area contributed by atoms with Crippen LogP contribution in [0.4, 0.5) is 13.2 Å². The molecule has 0 saturated heterocycles. The van der Waals surface area contributed by atoms with Gasteiger partial charge in [-0.3, -0.25) is 0 Å². The molecule has 0 amide bonds. The zero-order valence-electron chi connectivity index (χ0n) is 9.93. The fourth-order valence-corrected chi connectivity index (χ4v) is 1.69. The Morgan fingerprint density at radius 3 is 2.24 bits per heavy atom. The fraction of sp³-hybridized carbons (Fsp3) is 0.538. The van der Waals surface area contributed by atoms with E-state index < -0.39 is 12.6 Å². The molecule has 0 aliphatic heterocycles. The van der Waals surface area contributed by atoms with Crippen molar-refractivity contribution >= 4 is 0 Å². The summed E-state index contributed by atoms with van der Waals surface area (Å²) in [6.45, 7) is 2.05. The van der Waals surface area contributed by atoms with Crippen molar-refractivity contribution in [2.45, 2.75) is 44.8 Å². The topological polar surface area (TPSA) is 26.0 Å². The first-order valence-electron chi connectivity index (χ1n) is 5.83. The normalized spacial score (nSPS) is 13.7. The monoisotopic (exact) mass is 245 g/mol. The number of benzene rings is 1. The summed E-state index contributed by atoms with van der Waals surface area (Å²) in [5, 5.41) is 0. The summed E-state index contributed by atoms with van der Waals surface area (Å²) in [7, 11) is 0. The summed E-state index contributed by atoms with van der Waals surface area (Å²) in [6, 6.07) is 7.44. The predicted octanol–water partition coefficient (Wildman–Crippen LogP) is 3.98. The van der Waals surface area contributed by atoms with Crippen LogP contribution in [0.25, 0.3) is 0 Å². The van der Waals surface area contributed by atoms with Gasteiger partial charge in [0.05, 0.1) is 0 Å². The molecule has 0 aliphatic carbocycles. The van der Waals surface area contributed by atoms with Crippen LogP contribution < -0.4 is 5.73 Å². The molecular formula is C13H18F3N. The van der Waals surface area contributed by atoms with Gasteiger partial charge in [-0.1, -0.05) is 31.2 Å². The molecule has 17 heavy (non-hydrogen) atoms. The smallest absolute Gasteiger partial charge is 0.324 e. The van der Waals surface area contributed by atoms with E-state index in [9.17, 15) is 13.2 Å². The summed E-state index contributed by atoms with van der Waals surface area (Å²) >= 11 is 0. The lowest BCUT2D eigenvalue weighted by Gasteiger charge is -2.13. The number of hydrogen-bond acceptors (Lipinski definition) is 1. The van der Waals surface area contributed by atoms with Gasteiger partial charge in [0.2, 0.25) is 0 Å². The first-order chi connectivity index (χ1) is 7.92. The van der Waals surface area contributed by atoms with E-state index in [2.05, 4.69) is 6.92 Å². The Labute approximate surface area is 99.8 Å². The largest absolute Gasteiger partial charge is 0.389 e. The van der Waals surface area contributed by atoms with Crippen molar-refractivity contribution in [3.63, 3.8) is 0 Å². The second-order valence-electron chi connectivity index (χ2n) is 4.21. The van der Waals surface area contributed by atoms with Crippen LogP contribution in [0.5, 0.6) is 0 Å². The zero-order valence-corrected chi connectivity index (χ0v) is 9.93. The van der Waals surface area contributed by atoms with Crippen LogP contribution in [0.2, 0.25) is 0 Å². The lowest BCUT2D eigenvalue weighted by molar-refractivity contribution is -0.135. The van der Waals surface area contributed by atoms with Gasteiger partial charge in [0.15, 0.2) is 0 Å². The average molecular weight is 245 g/mol. The maximum absolute atomic E-state index is 12.0. The van der Waals surface area contributed by atoms with Gasteiger partial charge in [-0.05, 0) is 30.4 Å². The van der Waals surface area contributed by atoms with Gasteiger partial charge in [0, 0.05) is 12.5 Å². The molecule has 0 aliphatic rings. The van der Waals surface area contributed by atoms with Gasteiger partial charge >= 0.3 is 6.18 Å². The van der Waals surface area contributed by atoms with E-state index in [1.165, 1.54) is 5.56 Å². The molecule has 0 saturated carbocycles. The highest BCUT2D eigenvalue weighted by Gasteiger charge is 2.26. The van der Waals surface area contributed by atoms with Crippen molar-refractivity contribution in [3.8, 4) is 0 Å². The lowest BCUT2D eigenvalue weighted by Crippen LogP contribution is -2.13. The van der Waals surface area contributed by atoms with Crippen molar-refractivity contribution in [2.24, 2.45) is 5.73 Å². The van der Waals surface area contributed by atoms with E-state index in [-0.39, 0.29) is 12.5 Å². The molecule has 1 atom stereocenters. The minimum Gasteiger partial charge on any atom is -0.324 e. The number of rotatable bonds is 5. The van der Waals surface area contributed by atoms with Crippen molar-refractivity contribution in [3.05, 3.63) is 35.4 Å². The molecule has 0 fully saturated rings. The SMILES string of the molecule is CCc1ccc(C(N)CCCC(F)(F)F)cc1. The molecule has 4 heteroatoms. The van der Waals surface area contributed by atoms with E-state index in [0.29, 0.717) is 6.42 Å². The van der Waals surface area contributed by atoms with E-state index in [4.69, 9.17) is 5.73 Å². The number of nitrogens with two attached hydrogens (primary N) is 1. The average Bonchev–Trinajstić information content (AvgIpc) is 2.27. The molecule has 1 aromatic rings. The van der Waals surface area contributed by atoms with Crippen LogP contribution in [0, 0.1) is 0 Å². The van der Waals surface area contributed by atoms with Gasteiger partial charge < -0.3 is 5.73 Å². The first kappa shape index (κ1) is 14.0. The highest BCUT2D eigenvalue weighted by atomic mass is 19.4. The Bertz CT molecular complexity index is 330. The summed E-state index contributed by atoms with van der Waals surface area (Å²) < 4.78 is 35.9. The van der Waals surface area contributed by atoms with Crippen LogP contribution in [0.3, 0.4) is 0 Å². The van der Waals surface area contributed by atoms with Gasteiger partial charge in [-0.15, -0.1) is 0 Å². The summed E-state index contributed by atoms with van der Waals surface area (Å²) in [4.78, 5) is 0. The Balaban J connectivity index is 2.43. The van der Waals surface area contributed by atoms with Gasteiger partial charge in [-0.25, -0.2) is 0 Å². The van der Waals surface area contributed by atoms with Crippen LogP contribution in [-0.4, -0.2) is 6.18 Å². The molecule has 0 heterocycles. The second-order valence-corrected chi connectivity index (χ2v) is 4.21. The van der Waals surface area contributed by atoms with Crippen molar-refractivity contribution in [1.29, 1.82) is 0 Å². The summed E-state index contributed by atoms with van der Waals surface area (Å²) in [6.07, 6.45) is -3.44. The Morgan fingerprint density at radius 2 is 1.76 bits per heavy atom. The maximum Gasteiger partial charge on any atom is 0.389 e. The van der Waals surface area contributed by atoms with Crippen LogP contribution in [0.15, 0.2) is 24.3 Å². The van der Waals surface area contributed by atoms with Gasteiger partial charge in [-0.2, -0.15) is 13.2 Å². The zero-order chi connectivity index (χ0) is 12.9. The number of halogens is 3. The highest BCUT2D eigenvalue weighted by Crippen LogP contribution is 2.25. The standard InChI is InChI=1S/C13H18F3N/c1-2-10-5-7-11(8-6-10)12(17)4-3-9-13(14,15)16/h5-8,12H,2-4,9,17H2,1H3. The number of alkyl halides is 3. The molecule has 0 aromatic heterocycles. The lowest BCUT2D eigenvalue weighted by atomic mass is 10.00. The quantitative estimate of drug-likeness (QED) is 0.834. The minimum absolute atomic E-state index is 0.0835. The molecule has 1 aromatic carbocycles. The third kappa shape index (κ3) is 5.22. The van der Waals surface area contributed by atoms with E-state index in [0.717, 1.165) is 12.0 Å². The molecule has 1 nitrogen and oxygen atoms in total. The maximum atomic E-state index is 12.0. The Kier molecular flexibility index (Phi) is 5.00. The highest BCUT2D eigenvalue weighted by molar-refractivity contribution is 5.24. The molecule has 1 unspecified atom stereocenters. The first-order valence-corrected chi connectivity index (χ1v) is 5.83. The van der Waals surface area contributed by atoms with Gasteiger partial charge in [0.1, 0.15) is 0 Å². The van der Waals surface area contributed by atoms with E-state index in [1.54, 1.807) is 0 Å². The van der Waals surface area contributed by atoms with Crippen molar-refractivity contribution in [2.75, 3.05) is 0 Å². The number of hydrogen-bond donors (Lipinski definition) is 1. The molecule has 0 bridgehead atoms. The number of aryl methyl sites for hydroxylation is 1.